The van der Waals surface area contributed by atoms with E-state index in [0.717, 1.165) is 48.1 Å². The van der Waals surface area contributed by atoms with Gasteiger partial charge in [-0.05, 0) is 55.7 Å². The summed E-state index contributed by atoms with van der Waals surface area (Å²) >= 11 is 0. The van der Waals surface area contributed by atoms with Crippen LogP contribution < -0.4 is 4.90 Å². The van der Waals surface area contributed by atoms with E-state index in [1.54, 1.807) is 6.07 Å². The van der Waals surface area contributed by atoms with Gasteiger partial charge in [-0.15, -0.1) is 0 Å². The van der Waals surface area contributed by atoms with E-state index < -0.39 is 22.9 Å². The van der Waals surface area contributed by atoms with Gasteiger partial charge in [-0.25, -0.2) is 0 Å². The van der Waals surface area contributed by atoms with Crippen molar-refractivity contribution >= 4 is 26.7 Å². The second-order valence-electron chi connectivity index (χ2n) is 7.48. The maximum absolute atomic E-state index is 12.5. The van der Waals surface area contributed by atoms with Gasteiger partial charge in [0.25, 0.3) is 10.1 Å². The van der Waals surface area contributed by atoms with Crippen LogP contribution >= 0.6 is 0 Å². The number of rotatable bonds is 5. The number of alkyl halides is 3. The van der Waals surface area contributed by atoms with Crippen LogP contribution in [0.25, 0.3) is 22.2 Å². The van der Waals surface area contributed by atoms with Gasteiger partial charge >= 0.3 is 6.18 Å². The van der Waals surface area contributed by atoms with E-state index >= 15 is 0 Å². The molecule has 0 unspecified atom stereocenters. The largest absolute Gasteiger partial charge is 0.413 e. The van der Waals surface area contributed by atoms with Gasteiger partial charge in [0, 0.05) is 40.9 Å². The summed E-state index contributed by atoms with van der Waals surface area (Å²) in [5.74, 6) is 0. The fourth-order valence-corrected chi connectivity index (χ4v) is 4.64. The van der Waals surface area contributed by atoms with E-state index in [9.17, 15) is 21.6 Å². The highest BCUT2D eigenvalue weighted by molar-refractivity contribution is 7.86. The molecule has 5 nitrogen and oxygen atoms in total. The van der Waals surface area contributed by atoms with Crippen molar-refractivity contribution in [2.75, 3.05) is 24.6 Å². The third kappa shape index (κ3) is 4.32. The van der Waals surface area contributed by atoms with Gasteiger partial charge < -0.3 is 9.88 Å². The monoisotopic (exact) mass is 438 g/mol. The molecule has 2 aromatic carbocycles. The first kappa shape index (κ1) is 20.7. The lowest BCUT2D eigenvalue weighted by Gasteiger charge is -2.22. The van der Waals surface area contributed by atoms with Crippen molar-refractivity contribution in [1.82, 2.24) is 4.98 Å². The predicted octanol–water partition coefficient (Wildman–Crippen LogP) is 5.01. The van der Waals surface area contributed by atoms with Crippen molar-refractivity contribution in [3.8, 4) is 11.3 Å². The van der Waals surface area contributed by atoms with Crippen LogP contribution in [-0.2, 0) is 14.3 Å². The third-order valence-corrected chi connectivity index (χ3v) is 6.41. The highest BCUT2D eigenvalue weighted by Crippen LogP contribution is 2.36. The minimum atomic E-state index is -4.74. The zero-order valence-corrected chi connectivity index (χ0v) is 17.1. The minimum Gasteiger partial charge on any atom is -0.371 e. The highest BCUT2D eigenvalue weighted by Gasteiger charge is 2.32. The first-order chi connectivity index (χ1) is 14.1. The highest BCUT2D eigenvalue weighted by atomic mass is 32.2. The van der Waals surface area contributed by atoms with Gasteiger partial charge in [-0.3, -0.25) is 4.18 Å². The number of halogens is 3. The quantitative estimate of drug-likeness (QED) is 0.569. The molecular formula is C21H21F3N2O3S. The van der Waals surface area contributed by atoms with Crippen LogP contribution in [0, 0.1) is 6.92 Å². The van der Waals surface area contributed by atoms with Crippen LogP contribution in [0.1, 0.15) is 18.4 Å². The summed E-state index contributed by atoms with van der Waals surface area (Å²) in [4.78, 5) is 5.16. The summed E-state index contributed by atoms with van der Waals surface area (Å²) in [6.45, 7) is 1.79. The number of hydrogen-bond acceptors (Lipinski definition) is 4. The Kier molecular flexibility index (Phi) is 5.27. The molecule has 0 radical (unpaired) electrons. The van der Waals surface area contributed by atoms with Crippen LogP contribution in [0.3, 0.4) is 0 Å². The first-order valence-corrected chi connectivity index (χ1v) is 11.0. The van der Waals surface area contributed by atoms with E-state index in [1.165, 1.54) is 12.1 Å². The van der Waals surface area contributed by atoms with Crippen LogP contribution in [0.2, 0.25) is 0 Å². The summed E-state index contributed by atoms with van der Waals surface area (Å²) in [7, 11) is -4.55. The molecule has 1 aliphatic heterocycles. The Morgan fingerprint density at radius 3 is 2.50 bits per heavy atom. The van der Waals surface area contributed by atoms with Gasteiger partial charge in [0.2, 0.25) is 0 Å². The fraction of sp³-hybridized carbons (Fsp3) is 0.333. The van der Waals surface area contributed by atoms with Crippen LogP contribution in [0.15, 0.2) is 47.4 Å². The molecule has 1 aromatic heterocycles. The Hall–Kier alpha value is -2.52. The van der Waals surface area contributed by atoms with Crippen LogP contribution in [0.4, 0.5) is 18.9 Å². The van der Waals surface area contributed by atoms with Crippen molar-refractivity contribution in [3.05, 3.63) is 48.0 Å². The molecule has 30 heavy (non-hydrogen) atoms. The molecule has 4 rings (SSSR count). The molecule has 2 heterocycles. The number of aromatic amines is 1. The van der Waals surface area contributed by atoms with Gasteiger partial charge in [0.1, 0.15) is 0 Å². The molecule has 0 spiro atoms. The van der Waals surface area contributed by atoms with Crippen LogP contribution in [0.5, 0.6) is 0 Å². The number of nitrogens with one attached hydrogen (secondary N) is 1. The number of anilines is 1. The molecule has 1 saturated heterocycles. The van der Waals surface area contributed by atoms with E-state index in [2.05, 4.69) is 14.1 Å². The molecule has 1 fully saturated rings. The number of fused-ring (bicyclic) bond motifs is 1. The Morgan fingerprint density at radius 2 is 1.80 bits per heavy atom. The number of nitrogens with zero attached hydrogens (tertiary/aromatic N) is 1. The number of benzene rings is 2. The number of hydrogen-bond donors (Lipinski definition) is 1. The Morgan fingerprint density at radius 1 is 1.07 bits per heavy atom. The van der Waals surface area contributed by atoms with Gasteiger partial charge in [-0.1, -0.05) is 12.1 Å². The molecule has 9 heteroatoms. The van der Waals surface area contributed by atoms with Crippen molar-refractivity contribution in [1.29, 1.82) is 0 Å². The molecular weight excluding hydrogens is 417 g/mol. The lowest BCUT2D eigenvalue weighted by atomic mass is 10.1. The summed E-state index contributed by atoms with van der Waals surface area (Å²) in [6.07, 6.45) is -2.68. The standard InChI is InChI=1S/C21H21F3N2O3S/c1-14-4-5-15-11-19(25-18(15)10-14)17-12-16(30(27,28)29-13-21(22,23)24)6-7-20(17)26-8-2-3-9-26/h4-7,10-12,25H,2-3,8-9,13H2,1H3. The van der Waals surface area contributed by atoms with Gasteiger partial charge in [0.05, 0.1) is 4.90 Å². The third-order valence-electron chi connectivity index (χ3n) is 5.15. The molecule has 0 amide bonds. The Labute approximate surface area is 172 Å². The predicted molar refractivity (Wildman–Crippen MR) is 109 cm³/mol. The van der Waals surface area contributed by atoms with Crippen molar-refractivity contribution < 1.29 is 25.8 Å². The molecule has 0 saturated carbocycles. The van der Waals surface area contributed by atoms with E-state index in [-0.39, 0.29) is 4.90 Å². The Balaban J connectivity index is 1.80. The maximum Gasteiger partial charge on any atom is 0.413 e. The molecule has 3 aromatic rings. The number of aromatic nitrogens is 1. The second-order valence-corrected chi connectivity index (χ2v) is 9.09. The number of H-pyrrole nitrogens is 1. The van der Waals surface area contributed by atoms with Crippen LogP contribution in [-0.4, -0.2) is 39.3 Å². The van der Waals surface area contributed by atoms with E-state index in [0.29, 0.717) is 11.3 Å². The second kappa shape index (κ2) is 7.63. The fourth-order valence-electron chi connectivity index (χ4n) is 3.72. The lowest BCUT2D eigenvalue weighted by molar-refractivity contribution is -0.152. The number of aryl methyl sites for hydroxylation is 1. The maximum atomic E-state index is 12.5. The summed E-state index contributed by atoms with van der Waals surface area (Å²) in [5.41, 5.74) is 4.13. The van der Waals surface area contributed by atoms with Crippen molar-refractivity contribution in [3.63, 3.8) is 0 Å². The minimum absolute atomic E-state index is 0.306. The van der Waals surface area contributed by atoms with Gasteiger partial charge in [0.15, 0.2) is 6.61 Å². The van der Waals surface area contributed by atoms with Crippen molar-refractivity contribution in [2.24, 2.45) is 0 Å². The lowest BCUT2D eigenvalue weighted by Crippen LogP contribution is -2.21. The van der Waals surface area contributed by atoms with E-state index in [4.69, 9.17) is 0 Å². The van der Waals surface area contributed by atoms with E-state index in [1.807, 2.05) is 31.2 Å². The zero-order chi connectivity index (χ0) is 21.5. The molecule has 160 valence electrons. The smallest absolute Gasteiger partial charge is 0.371 e. The zero-order valence-electron chi connectivity index (χ0n) is 16.3. The average molecular weight is 438 g/mol. The molecule has 1 N–H and O–H groups in total. The molecule has 0 aliphatic carbocycles. The van der Waals surface area contributed by atoms with Crippen molar-refractivity contribution in [2.45, 2.75) is 30.8 Å². The molecule has 1 aliphatic rings. The average Bonchev–Trinajstić information content (AvgIpc) is 3.35. The molecule has 0 bridgehead atoms. The first-order valence-electron chi connectivity index (χ1n) is 9.57. The Bertz CT molecular complexity index is 1180. The SMILES string of the molecule is Cc1ccc2cc(-c3cc(S(=O)(=O)OCC(F)(F)F)ccc3N3CCCC3)[nH]c2c1. The summed E-state index contributed by atoms with van der Waals surface area (Å²) in [6, 6.07) is 12.2. The summed E-state index contributed by atoms with van der Waals surface area (Å²) < 4.78 is 66.4. The topological polar surface area (TPSA) is 62.4 Å². The van der Waals surface area contributed by atoms with Gasteiger partial charge in [-0.2, -0.15) is 21.6 Å². The summed E-state index contributed by atoms with van der Waals surface area (Å²) in [5, 5.41) is 0.963. The normalized spacial score (nSPS) is 15.3. The molecule has 0 atom stereocenters.